The van der Waals surface area contributed by atoms with Crippen molar-refractivity contribution in [1.29, 1.82) is 0 Å². The minimum absolute atomic E-state index is 0.182. The molecule has 120 valence electrons. The van der Waals surface area contributed by atoms with Crippen molar-refractivity contribution in [1.82, 2.24) is 5.32 Å². The second-order valence-electron chi connectivity index (χ2n) is 4.85. The van der Waals surface area contributed by atoms with E-state index in [1.807, 2.05) is 6.92 Å². The van der Waals surface area contributed by atoms with Crippen LogP contribution in [0.1, 0.15) is 25.8 Å². The first-order valence-corrected chi connectivity index (χ1v) is 8.62. The molecule has 0 saturated carbocycles. The van der Waals surface area contributed by atoms with Crippen LogP contribution in [-0.2, 0) is 17.2 Å². The zero-order valence-corrected chi connectivity index (χ0v) is 13.3. The third kappa shape index (κ3) is 8.12. The van der Waals surface area contributed by atoms with E-state index in [-0.39, 0.29) is 5.75 Å². The highest BCUT2D eigenvalue weighted by molar-refractivity contribution is 7.84. The molecule has 0 aliphatic carbocycles. The summed E-state index contributed by atoms with van der Waals surface area (Å²) in [4.78, 5) is 0. The third-order valence-corrected chi connectivity index (χ3v) is 4.46. The van der Waals surface area contributed by atoms with Crippen LogP contribution in [0.25, 0.3) is 0 Å². The summed E-state index contributed by atoms with van der Waals surface area (Å²) in [5.74, 6) is 1.56. The van der Waals surface area contributed by atoms with E-state index >= 15 is 0 Å². The molecule has 3 nitrogen and oxygen atoms in total. The Balaban J connectivity index is 2.26. The van der Waals surface area contributed by atoms with Gasteiger partial charge in [0.05, 0.1) is 0 Å². The predicted molar refractivity (Wildman–Crippen MR) is 82.4 cm³/mol. The lowest BCUT2D eigenvalue weighted by molar-refractivity contribution is -0.0498. The van der Waals surface area contributed by atoms with E-state index in [0.717, 1.165) is 24.9 Å². The van der Waals surface area contributed by atoms with Crippen LogP contribution in [0.4, 0.5) is 8.78 Å². The molecule has 1 N–H and O–H groups in total. The van der Waals surface area contributed by atoms with Gasteiger partial charge in [0.1, 0.15) is 5.75 Å². The van der Waals surface area contributed by atoms with Crippen molar-refractivity contribution in [3.63, 3.8) is 0 Å². The molecule has 1 aromatic rings. The van der Waals surface area contributed by atoms with Crippen molar-refractivity contribution >= 4 is 10.8 Å². The molecule has 0 saturated heterocycles. The van der Waals surface area contributed by atoms with E-state index in [1.165, 1.54) is 0 Å². The Kier molecular flexibility index (Phi) is 8.45. The van der Waals surface area contributed by atoms with Gasteiger partial charge in [-0.2, -0.15) is 8.78 Å². The highest BCUT2D eigenvalue weighted by Gasteiger charge is 2.05. The van der Waals surface area contributed by atoms with Crippen molar-refractivity contribution in [2.24, 2.45) is 0 Å². The molecule has 0 aliphatic heterocycles. The van der Waals surface area contributed by atoms with Gasteiger partial charge in [-0.25, -0.2) is 0 Å². The predicted octanol–water partition coefficient (Wildman–Crippen LogP) is 2.97. The van der Waals surface area contributed by atoms with Crippen molar-refractivity contribution in [3.8, 4) is 5.75 Å². The number of nitrogens with one attached hydrogen (secondary N) is 1. The van der Waals surface area contributed by atoms with Crippen LogP contribution in [0.15, 0.2) is 24.3 Å². The zero-order valence-electron chi connectivity index (χ0n) is 12.5. The summed E-state index contributed by atoms with van der Waals surface area (Å²) in [6.07, 6.45) is 1.80. The molecular weight excluding hydrogens is 296 g/mol. The third-order valence-electron chi connectivity index (χ3n) is 3.16. The summed E-state index contributed by atoms with van der Waals surface area (Å²) in [7, 11) is -0.729. The van der Waals surface area contributed by atoms with E-state index in [1.54, 1.807) is 24.3 Å². The van der Waals surface area contributed by atoms with Crippen molar-refractivity contribution in [2.45, 2.75) is 39.3 Å². The number of hydrogen-bond acceptors (Lipinski definition) is 3. The van der Waals surface area contributed by atoms with Gasteiger partial charge in [0, 0.05) is 34.9 Å². The van der Waals surface area contributed by atoms with Crippen LogP contribution in [-0.4, -0.2) is 34.9 Å². The number of benzene rings is 1. The van der Waals surface area contributed by atoms with Crippen molar-refractivity contribution < 1.29 is 17.7 Å². The Labute approximate surface area is 127 Å². The average molecular weight is 319 g/mol. The van der Waals surface area contributed by atoms with Gasteiger partial charge in [-0.05, 0) is 37.5 Å². The standard InChI is InChI=1S/C15H23F2NO2S/c1-3-21(19)11-10-18-12(2)4-5-13-6-8-14(9-7-13)20-15(16)17/h6-9,12,15,18H,3-5,10-11H2,1-2H3. The SMILES string of the molecule is CCS(=O)CCNC(C)CCc1ccc(OC(F)F)cc1. The van der Waals surface area contributed by atoms with Gasteiger partial charge in [-0.1, -0.05) is 19.1 Å². The molecule has 1 aromatic carbocycles. The number of rotatable bonds is 10. The van der Waals surface area contributed by atoms with Crippen LogP contribution >= 0.6 is 0 Å². The molecular formula is C15H23F2NO2S. The largest absolute Gasteiger partial charge is 0.435 e. The van der Waals surface area contributed by atoms with Crippen LogP contribution in [0, 0.1) is 0 Å². The van der Waals surface area contributed by atoms with Gasteiger partial charge >= 0.3 is 6.61 Å². The van der Waals surface area contributed by atoms with Gasteiger partial charge in [0.25, 0.3) is 0 Å². The fourth-order valence-electron chi connectivity index (χ4n) is 1.89. The Morgan fingerprint density at radius 1 is 1.29 bits per heavy atom. The summed E-state index contributed by atoms with van der Waals surface area (Å²) in [6.45, 7) is 1.97. The lowest BCUT2D eigenvalue weighted by Gasteiger charge is -2.13. The summed E-state index contributed by atoms with van der Waals surface area (Å²) in [5.41, 5.74) is 1.09. The second-order valence-corrected chi connectivity index (χ2v) is 6.71. The first-order chi connectivity index (χ1) is 10.0. The molecule has 6 heteroatoms. The van der Waals surface area contributed by atoms with Crippen LogP contribution in [0.3, 0.4) is 0 Å². The Bertz CT molecular complexity index is 426. The zero-order chi connectivity index (χ0) is 15.7. The maximum absolute atomic E-state index is 12.0. The number of alkyl halides is 2. The number of aryl methyl sites for hydroxylation is 1. The summed E-state index contributed by atoms with van der Waals surface area (Å²) in [6, 6.07) is 7.05. The van der Waals surface area contributed by atoms with Gasteiger partial charge in [0.15, 0.2) is 0 Å². The molecule has 0 bridgehead atoms. The monoisotopic (exact) mass is 319 g/mol. The first kappa shape index (κ1) is 18.0. The second kappa shape index (κ2) is 9.84. The van der Waals surface area contributed by atoms with E-state index in [0.29, 0.717) is 17.5 Å². The highest BCUT2D eigenvalue weighted by atomic mass is 32.2. The molecule has 21 heavy (non-hydrogen) atoms. The maximum Gasteiger partial charge on any atom is 0.387 e. The molecule has 2 atom stereocenters. The fourth-order valence-corrected chi connectivity index (χ4v) is 2.52. The van der Waals surface area contributed by atoms with Crippen LogP contribution in [0.2, 0.25) is 0 Å². The molecule has 0 spiro atoms. The maximum atomic E-state index is 12.0. The van der Waals surface area contributed by atoms with Crippen LogP contribution in [0.5, 0.6) is 5.75 Å². The minimum Gasteiger partial charge on any atom is -0.435 e. The topological polar surface area (TPSA) is 38.3 Å². The van der Waals surface area contributed by atoms with Crippen molar-refractivity contribution in [3.05, 3.63) is 29.8 Å². The van der Waals surface area contributed by atoms with E-state index in [2.05, 4.69) is 17.0 Å². The highest BCUT2D eigenvalue weighted by Crippen LogP contribution is 2.16. The van der Waals surface area contributed by atoms with E-state index < -0.39 is 17.4 Å². The first-order valence-electron chi connectivity index (χ1n) is 7.13. The van der Waals surface area contributed by atoms with Gasteiger partial charge < -0.3 is 10.1 Å². The Hall–Kier alpha value is -1.01. The summed E-state index contributed by atoms with van der Waals surface area (Å²) >= 11 is 0. The van der Waals surface area contributed by atoms with Gasteiger partial charge in [-0.15, -0.1) is 0 Å². The normalized spacial score (nSPS) is 14.1. The lowest BCUT2D eigenvalue weighted by atomic mass is 10.1. The minimum atomic E-state index is -2.78. The van der Waals surface area contributed by atoms with E-state index in [4.69, 9.17) is 0 Å². The van der Waals surface area contributed by atoms with Crippen molar-refractivity contribution in [2.75, 3.05) is 18.1 Å². The average Bonchev–Trinajstić information content (AvgIpc) is 2.45. The van der Waals surface area contributed by atoms with Gasteiger partial charge in [-0.3, -0.25) is 4.21 Å². The molecule has 0 aliphatic rings. The number of halogens is 2. The number of hydrogen-bond donors (Lipinski definition) is 1. The summed E-state index contributed by atoms with van der Waals surface area (Å²) in [5, 5.41) is 3.34. The molecule has 2 unspecified atom stereocenters. The quantitative estimate of drug-likeness (QED) is 0.720. The van der Waals surface area contributed by atoms with Crippen LogP contribution < -0.4 is 10.1 Å². The molecule has 0 heterocycles. The number of ether oxygens (including phenoxy) is 1. The fraction of sp³-hybridized carbons (Fsp3) is 0.600. The molecule has 1 rings (SSSR count). The van der Waals surface area contributed by atoms with E-state index in [9.17, 15) is 13.0 Å². The lowest BCUT2D eigenvalue weighted by Crippen LogP contribution is -2.30. The Morgan fingerprint density at radius 2 is 1.95 bits per heavy atom. The molecule has 0 aromatic heterocycles. The smallest absolute Gasteiger partial charge is 0.387 e. The molecule has 0 fully saturated rings. The van der Waals surface area contributed by atoms with Gasteiger partial charge in [0.2, 0.25) is 0 Å². The molecule has 0 amide bonds. The Morgan fingerprint density at radius 3 is 2.52 bits per heavy atom. The molecule has 0 radical (unpaired) electrons. The summed E-state index contributed by atoms with van der Waals surface area (Å²) < 4.78 is 39.6.